The summed E-state index contributed by atoms with van der Waals surface area (Å²) in [7, 11) is 0. The predicted octanol–water partition coefficient (Wildman–Crippen LogP) is 3.58. The van der Waals surface area contributed by atoms with Gasteiger partial charge in [-0.3, -0.25) is 0 Å². The van der Waals surface area contributed by atoms with Gasteiger partial charge in [-0.15, -0.1) is 0 Å². The van der Waals surface area contributed by atoms with Gasteiger partial charge >= 0.3 is 0 Å². The van der Waals surface area contributed by atoms with Crippen LogP contribution >= 0.6 is 39.1 Å². The quantitative estimate of drug-likeness (QED) is 0.449. The molecule has 0 unspecified atom stereocenters. The second-order valence-electron chi connectivity index (χ2n) is 3.28. The first-order valence-electron chi connectivity index (χ1n) is 4.81. The van der Waals surface area contributed by atoms with Gasteiger partial charge in [-0.2, -0.15) is 0 Å². The Bertz CT molecular complexity index is 578. The summed E-state index contributed by atoms with van der Waals surface area (Å²) in [5.74, 6) is 6.31. The van der Waals surface area contributed by atoms with E-state index in [2.05, 4.69) is 36.6 Å². The summed E-state index contributed by atoms with van der Waals surface area (Å²) in [6.07, 6.45) is 1.38. The number of nitrogens with zero attached hydrogens (tertiary/aromatic N) is 2. The van der Waals surface area contributed by atoms with Gasteiger partial charge in [0, 0.05) is 10.5 Å². The zero-order valence-corrected chi connectivity index (χ0v) is 12.0. The van der Waals surface area contributed by atoms with Gasteiger partial charge in [0.05, 0.1) is 15.7 Å². The van der Waals surface area contributed by atoms with Crippen LogP contribution in [-0.2, 0) is 0 Å². The van der Waals surface area contributed by atoms with Gasteiger partial charge in [0.15, 0.2) is 0 Å². The molecule has 0 amide bonds. The van der Waals surface area contributed by atoms with Crippen LogP contribution in [0.1, 0.15) is 0 Å². The van der Waals surface area contributed by atoms with Crippen LogP contribution in [0.4, 0.5) is 17.3 Å². The Kier molecular flexibility index (Phi) is 4.23. The zero-order valence-electron chi connectivity index (χ0n) is 8.92. The second-order valence-corrected chi connectivity index (χ2v) is 4.89. The van der Waals surface area contributed by atoms with Gasteiger partial charge in [0.2, 0.25) is 0 Å². The maximum Gasteiger partial charge on any atom is 0.145 e. The number of aromatic nitrogens is 2. The first-order chi connectivity index (χ1) is 8.61. The Balaban J connectivity index is 2.31. The minimum Gasteiger partial charge on any atom is -0.339 e. The van der Waals surface area contributed by atoms with Crippen LogP contribution in [-0.4, -0.2) is 9.97 Å². The van der Waals surface area contributed by atoms with Crippen LogP contribution in [0.3, 0.4) is 0 Å². The molecule has 1 aromatic carbocycles. The molecule has 0 bridgehead atoms. The molecule has 1 heterocycles. The van der Waals surface area contributed by atoms with E-state index in [1.54, 1.807) is 18.2 Å². The highest BCUT2D eigenvalue weighted by Gasteiger charge is 2.09. The summed E-state index contributed by atoms with van der Waals surface area (Å²) in [6.45, 7) is 0. The molecule has 0 spiro atoms. The van der Waals surface area contributed by atoms with E-state index in [0.717, 1.165) is 4.47 Å². The largest absolute Gasteiger partial charge is 0.339 e. The van der Waals surface area contributed by atoms with Crippen LogP contribution in [0.25, 0.3) is 0 Å². The summed E-state index contributed by atoms with van der Waals surface area (Å²) in [5, 5.41) is 3.88. The van der Waals surface area contributed by atoms with E-state index in [9.17, 15) is 0 Å². The molecule has 18 heavy (non-hydrogen) atoms. The topological polar surface area (TPSA) is 75.9 Å². The van der Waals surface area contributed by atoms with Gasteiger partial charge in [-0.05, 0) is 28.1 Å². The minimum absolute atomic E-state index is 0.409. The molecular weight excluding hydrogens is 341 g/mol. The van der Waals surface area contributed by atoms with E-state index < -0.39 is 0 Å². The molecule has 0 aliphatic rings. The number of halogens is 3. The molecule has 0 saturated carbocycles. The van der Waals surface area contributed by atoms with Crippen molar-refractivity contribution in [2.75, 3.05) is 10.7 Å². The van der Waals surface area contributed by atoms with E-state index >= 15 is 0 Å². The molecule has 4 N–H and O–H groups in total. The van der Waals surface area contributed by atoms with E-state index in [1.165, 1.54) is 6.33 Å². The lowest BCUT2D eigenvalue weighted by molar-refractivity contribution is 1.14. The molecule has 0 saturated heterocycles. The van der Waals surface area contributed by atoms with E-state index in [-0.39, 0.29) is 0 Å². The zero-order chi connectivity index (χ0) is 13.1. The molecule has 0 radical (unpaired) electrons. The number of nitrogens with one attached hydrogen (secondary N) is 2. The number of nitrogen functional groups attached to an aromatic ring is 1. The molecule has 0 aliphatic carbocycles. The van der Waals surface area contributed by atoms with Crippen molar-refractivity contribution in [2.45, 2.75) is 0 Å². The Morgan fingerprint density at radius 2 is 1.83 bits per heavy atom. The fourth-order valence-corrected chi connectivity index (χ4v) is 2.09. The van der Waals surface area contributed by atoms with Crippen LogP contribution in [0.15, 0.2) is 29.0 Å². The van der Waals surface area contributed by atoms with Crippen molar-refractivity contribution < 1.29 is 0 Å². The monoisotopic (exact) mass is 347 g/mol. The van der Waals surface area contributed by atoms with Crippen molar-refractivity contribution in [2.24, 2.45) is 5.84 Å². The Morgan fingerprint density at radius 3 is 2.56 bits per heavy atom. The van der Waals surface area contributed by atoms with Crippen molar-refractivity contribution in [1.82, 2.24) is 9.97 Å². The van der Waals surface area contributed by atoms with Crippen molar-refractivity contribution in [3.63, 3.8) is 0 Å². The normalized spacial score (nSPS) is 10.2. The number of benzene rings is 1. The summed E-state index contributed by atoms with van der Waals surface area (Å²) < 4.78 is 0.728. The lowest BCUT2D eigenvalue weighted by atomic mass is 10.3. The van der Waals surface area contributed by atoms with Crippen LogP contribution in [0, 0.1) is 0 Å². The SMILES string of the molecule is NNc1cc(Nc2ccc(Br)c(Cl)c2Cl)ncn1. The average Bonchev–Trinajstić information content (AvgIpc) is 2.40. The second kappa shape index (κ2) is 5.71. The lowest BCUT2D eigenvalue weighted by Gasteiger charge is -2.10. The van der Waals surface area contributed by atoms with Gasteiger partial charge < -0.3 is 10.7 Å². The van der Waals surface area contributed by atoms with Crippen molar-refractivity contribution >= 4 is 56.5 Å². The van der Waals surface area contributed by atoms with E-state index in [4.69, 9.17) is 29.0 Å². The van der Waals surface area contributed by atoms with Gasteiger partial charge in [0.1, 0.15) is 18.0 Å². The van der Waals surface area contributed by atoms with Crippen molar-refractivity contribution in [3.8, 4) is 0 Å². The molecule has 94 valence electrons. The molecule has 0 fully saturated rings. The standard InChI is InChI=1S/C10H8BrCl2N5/c11-5-1-2-6(10(13)9(5)12)17-7-3-8(18-14)16-4-15-7/h1-4H,14H2,(H2,15,16,17,18). The maximum absolute atomic E-state index is 6.11. The fourth-order valence-electron chi connectivity index (χ4n) is 1.27. The molecule has 2 rings (SSSR count). The summed E-state index contributed by atoms with van der Waals surface area (Å²) in [5.41, 5.74) is 3.08. The van der Waals surface area contributed by atoms with E-state index in [1.807, 2.05) is 0 Å². The average molecular weight is 349 g/mol. The molecule has 1 aromatic heterocycles. The first-order valence-corrected chi connectivity index (χ1v) is 6.36. The fraction of sp³-hybridized carbons (Fsp3) is 0. The molecule has 5 nitrogen and oxygen atoms in total. The number of hydrogen-bond donors (Lipinski definition) is 3. The summed E-state index contributed by atoms with van der Waals surface area (Å²) >= 11 is 15.4. The molecule has 0 atom stereocenters. The van der Waals surface area contributed by atoms with Crippen LogP contribution in [0.2, 0.25) is 10.0 Å². The summed E-state index contributed by atoms with van der Waals surface area (Å²) in [6, 6.07) is 5.22. The highest BCUT2D eigenvalue weighted by molar-refractivity contribution is 9.10. The Morgan fingerprint density at radius 1 is 1.11 bits per heavy atom. The van der Waals surface area contributed by atoms with E-state index in [0.29, 0.717) is 27.4 Å². The number of anilines is 3. The number of nitrogens with two attached hydrogens (primary N) is 1. The summed E-state index contributed by atoms with van der Waals surface area (Å²) in [4.78, 5) is 7.94. The highest BCUT2D eigenvalue weighted by Crippen LogP contribution is 2.36. The Labute approximate surface area is 122 Å². The smallest absolute Gasteiger partial charge is 0.145 e. The maximum atomic E-state index is 6.11. The minimum atomic E-state index is 0.409. The lowest BCUT2D eigenvalue weighted by Crippen LogP contribution is -2.09. The number of hydrogen-bond acceptors (Lipinski definition) is 5. The third kappa shape index (κ3) is 2.84. The van der Waals surface area contributed by atoms with Crippen LogP contribution in [0.5, 0.6) is 0 Å². The van der Waals surface area contributed by atoms with Gasteiger partial charge in [0.25, 0.3) is 0 Å². The van der Waals surface area contributed by atoms with Gasteiger partial charge in [-0.25, -0.2) is 15.8 Å². The van der Waals surface area contributed by atoms with Crippen LogP contribution < -0.4 is 16.6 Å². The molecule has 0 aliphatic heterocycles. The third-order valence-corrected chi connectivity index (χ3v) is 3.88. The van der Waals surface area contributed by atoms with Crippen molar-refractivity contribution in [3.05, 3.63) is 39.0 Å². The number of rotatable bonds is 3. The highest BCUT2D eigenvalue weighted by atomic mass is 79.9. The van der Waals surface area contributed by atoms with Gasteiger partial charge in [-0.1, -0.05) is 23.2 Å². The molecular formula is C10H8BrCl2N5. The molecule has 2 aromatic rings. The van der Waals surface area contributed by atoms with Crippen molar-refractivity contribution in [1.29, 1.82) is 0 Å². The molecule has 8 heteroatoms. The Hall–Kier alpha value is -1.08. The predicted molar refractivity (Wildman–Crippen MR) is 77.3 cm³/mol. The first kappa shape index (κ1) is 13.4. The number of hydrazine groups is 1. The third-order valence-electron chi connectivity index (χ3n) is 2.11.